The topological polar surface area (TPSA) is 130 Å². The molecule has 1 aromatic carbocycles. The molecule has 34 heavy (non-hydrogen) atoms. The van der Waals surface area contributed by atoms with Crippen molar-refractivity contribution in [1.29, 1.82) is 0 Å². The number of ketones is 1. The number of nitrogens with zero attached hydrogens (tertiary/aromatic N) is 1. The number of nitrogens with one attached hydrogen (secondary N) is 3. The van der Waals surface area contributed by atoms with Crippen molar-refractivity contribution in [3.8, 4) is 0 Å². The van der Waals surface area contributed by atoms with Crippen LogP contribution < -0.4 is 10.6 Å². The number of methoxy groups -OCH3 is 1. The highest BCUT2D eigenvalue weighted by atomic mass is 16.5. The summed E-state index contributed by atoms with van der Waals surface area (Å²) in [5, 5.41) is 5.48. The van der Waals surface area contributed by atoms with Crippen LogP contribution in [0.1, 0.15) is 42.5 Å². The zero-order valence-electron chi connectivity index (χ0n) is 19.0. The van der Waals surface area contributed by atoms with Crippen molar-refractivity contribution in [3.05, 3.63) is 59.7 Å². The van der Waals surface area contributed by atoms with Crippen molar-refractivity contribution < 1.29 is 23.9 Å². The minimum Gasteiger partial charge on any atom is -0.467 e. The van der Waals surface area contributed by atoms with Crippen LogP contribution in [-0.4, -0.2) is 52.7 Å². The molecule has 1 fully saturated rings. The van der Waals surface area contributed by atoms with Crippen molar-refractivity contribution in [2.45, 2.75) is 50.6 Å². The van der Waals surface area contributed by atoms with E-state index < -0.39 is 29.9 Å². The number of benzene rings is 1. The number of carbonyl (C=O) groups excluding carboxylic acids is 4. The standard InChI is InChI=1S/C25H28N4O5/c1-34-25(33)21(11-16-7-6-15-4-2-3-5-19(15)16)29-24(32)17(10-18-13-26-14-27-18)12-22(30)20-8-9-23(31)28-20/h2-5,7,13-14,17,20-21H,6,8-12H2,1H3,(H,26,27)(H,28,31)(H,29,32). The van der Waals surface area contributed by atoms with Gasteiger partial charge in [-0.15, -0.1) is 0 Å². The number of esters is 1. The fraction of sp³-hybridized carbons (Fsp3) is 0.400. The summed E-state index contributed by atoms with van der Waals surface area (Å²) < 4.78 is 4.96. The lowest BCUT2D eigenvalue weighted by Crippen LogP contribution is -2.46. The van der Waals surface area contributed by atoms with Crippen LogP contribution in [0.15, 0.2) is 42.9 Å². The molecule has 1 aliphatic carbocycles. The molecule has 0 radical (unpaired) electrons. The number of rotatable bonds is 10. The van der Waals surface area contributed by atoms with E-state index in [2.05, 4.69) is 26.7 Å². The molecule has 2 aliphatic rings. The van der Waals surface area contributed by atoms with E-state index in [0.29, 0.717) is 25.0 Å². The summed E-state index contributed by atoms with van der Waals surface area (Å²) in [6.07, 6.45) is 7.14. The van der Waals surface area contributed by atoms with Crippen LogP contribution in [0.2, 0.25) is 0 Å². The maximum atomic E-state index is 13.3. The van der Waals surface area contributed by atoms with E-state index in [1.807, 2.05) is 24.3 Å². The lowest BCUT2D eigenvalue weighted by molar-refractivity contribution is -0.145. The second-order valence-electron chi connectivity index (χ2n) is 8.69. The number of allylic oxidation sites excluding steroid dienone is 1. The second kappa shape index (κ2) is 10.5. The number of fused-ring (bicyclic) bond motifs is 1. The molecule has 2 heterocycles. The van der Waals surface area contributed by atoms with Crippen LogP contribution in [0.3, 0.4) is 0 Å². The Labute approximate surface area is 197 Å². The molecule has 1 aliphatic heterocycles. The van der Waals surface area contributed by atoms with Crippen LogP contribution in [0.25, 0.3) is 5.57 Å². The number of ether oxygens (including phenoxy) is 1. The molecule has 1 saturated heterocycles. The number of amides is 2. The Morgan fingerprint density at radius 3 is 2.76 bits per heavy atom. The Balaban J connectivity index is 1.48. The number of aromatic amines is 1. The molecule has 0 spiro atoms. The quantitative estimate of drug-likeness (QED) is 0.457. The third-order valence-corrected chi connectivity index (χ3v) is 6.38. The fourth-order valence-electron chi connectivity index (χ4n) is 4.55. The van der Waals surface area contributed by atoms with Gasteiger partial charge < -0.3 is 20.4 Å². The van der Waals surface area contributed by atoms with Gasteiger partial charge in [-0.05, 0) is 29.5 Å². The van der Waals surface area contributed by atoms with Crippen LogP contribution in [0, 0.1) is 5.92 Å². The lowest BCUT2D eigenvalue weighted by atomic mass is 9.92. The summed E-state index contributed by atoms with van der Waals surface area (Å²) in [6.45, 7) is 0. The smallest absolute Gasteiger partial charge is 0.328 e. The average molecular weight is 465 g/mol. The van der Waals surface area contributed by atoms with Crippen LogP contribution in [0.5, 0.6) is 0 Å². The molecular weight excluding hydrogens is 436 g/mol. The molecule has 178 valence electrons. The largest absolute Gasteiger partial charge is 0.467 e. The van der Waals surface area contributed by atoms with Gasteiger partial charge in [-0.25, -0.2) is 9.78 Å². The number of imidazole rings is 1. The summed E-state index contributed by atoms with van der Waals surface area (Å²) in [5.74, 6) is -2.07. The van der Waals surface area contributed by atoms with E-state index in [-0.39, 0.29) is 24.5 Å². The molecule has 3 N–H and O–H groups in total. The molecule has 3 unspecified atom stereocenters. The van der Waals surface area contributed by atoms with Crippen molar-refractivity contribution in [3.63, 3.8) is 0 Å². The zero-order valence-corrected chi connectivity index (χ0v) is 19.0. The minimum atomic E-state index is -0.888. The summed E-state index contributed by atoms with van der Waals surface area (Å²) in [6, 6.07) is 6.48. The van der Waals surface area contributed by atoms with E-state index >= 15 is 0 Å². The predicted molar refractivity (Wildman–Crippen MR) is 123 cm³/mol. The van der Waals surface area contributed by atoms with Gasteiger partial charge in [0, 0.05) is 37.6 Å². The van der Waals surface area contributed by atoms with Crippen LogP contribution >= 0.6 is 0 Å². The van der Waals surface area contributed by atoms with E-state index in [1.165, 1.54) is 19.0 Å². The Hall–Kier alpha value is -3.75. The SMILES string of the molecule is COC(=O)C(CC1=CCc2ccccc21)NC(=O)C(CC(=O)C1CCC(=O)N1)Cc1cnc[nH]1. The van der Waals surface area contributed by atoms with E-state index in [0.717, 1.165) is 17.6 Å². The van der Waals surface area contributed by atoms with Gasteiger partial charge in [0.05, 0.1) is 25.4 Å². The third-order valence-electron chi connectivity index (χ3n) is 6.38. The highest BCUT2D eigenvalue weighted by Gasteiger charge is 2.33. The third kappa shape index (κ3) is 5.41. The minimum absolute atomic E-state index is 0.0603. The van der Waals surface area contributed by atoms with E-state index in [4.69, 9.17) is 4.74 Å². The Bertz CT molecular complexity index is 1110. The van der Waals surface area contributed by atoms with Gasteiger partial charge in [0.2, 0.25) is 11.8 Å². The number of hydrogen-bond donors (Lipinski definition) is 3. The average Bonchev–Trinajstić information content (AvgIpc) is 3.59. The molecule has 9 nitrogen and oxygen atoms in total. The number of hydrogen-bond acceptors (Lipinski definition) is 6. The molecule has 0 saturated carbocycles. The summed E-state index contributed by atoms with van der Waals surface area (Å²) in [4.78, 5) is 57.2. The molecule has 2 amide bonds. The number of aromatic nitrogens is 2. The summed E-state index contributed by atoms with van der Waals surface area (Å²) in [7, 11) is 1.28. The van der Waals surface area contributed by atoms with Gasteiger partial charge in [0.1, 0.15) is 6.04 Å². The first-order valence-electron chi connectivity index (χ1n) is 11.4. The first-order chi connectivity index (χ1) is 16.4. The highest BCUT2D eigenvalue weighted by molar-refractivity contribution is 5.95. The molecule has 4 rings (SSSR count). The van der Waals surface area contributed by atoms with Gasteiger partial charge in [-0.2, -0.15) is 0 Å². The van der Waals surface area contributed by atoms with Crippen molar-refractivity contribution in [1.82, 2.24) is 20.6 Å². The van der Waals surface area contributed by atoms with Gasteiger partial charge in [-0.3, -0.25) is 14.4 Å². The second-order valence-corrected chi connectivity index (χ2v) is 8.69. The van der Waals surface area contributed by atoms with Crippen molar-refractivity contribution in [2.24, 2.45) is 5.92 Å². The van der Waals surface area contributed by atoms with Crippen molar-refractivity contribution in [2.75, 3.05) is 7.11 Å². The number of carbonyl (C=O) groups is 4. The fourth-order valence-corrected chi connectivity index (χ4v) is 4.55. The van der Waals surface area contributed by atoms with Gasteiger partial charge in [0.25, 0.3) is 0 Å². The first kappa shape index (κ1) is 23.4. The Kier molecular flexibility index (Phi) is 7.20. The van der Waals surface area contributed by atoms with Gasteiger partial charge in [0.15, 0.2) is 5.78 Å². The van der Waals surface area contributed by atoms with E-state index in [1.54, 1.807) is 6.20 Å². The zero-order chi connectivity index (χ0) is 24.1. The monoisotopic (exact) mass is 464 g/mol. The summed E-state index contributed by atoms with van der Waals surface area (Å²) in [5.41, 5.74) is 3.91. The molecule has 0 bridgehead atoms. The Morgan fingerprint density at radius 1 is 1.24 bits per heavy atom. The molecule has 1 aromatic heterocycles. The van der Waals surface area contributed by atoms with Crippen LogP contribution in [0.4, 0.5) is 0 Å². The van der Waals surface area contributed by atoms with Crippen molar-refractivity contribution >= 4 is 29.1 Å². The molecule has 9 heteroatoms. The maximum Gasteiger partial charge on any atom is 0.328 e. The number of H-pyrrole nitrogens is 1. The molecule has 3 atom stereocenters. The first-order valence-corrected chi connectivity index (χ1v) is 11.4. The molecule has 2 aromatic rings. The Morgan fingerprint density at radius 2 is 2.06 bits per heavy atom. The highest BCUT2D eigenvalue weighted by Crippen LogP contribution is 2.30. The van der Waals surface area contributed by atoms with Gasteiger partial charge >= 0.3 is 5.97 Å². The normalized spacial score (nSPS) is 18.4. The maximum absolute atomic E-state index is 13.3. The summed E-state index contributed by atoms with van der Waals surface area (Å²) >= 11 is 0. The van der Waals surface area contributed by atoms with E-state index in [9.17, 15) is 19.2 Å². The lowest BCUT2D eigenvalue weighted by Gasteiger charge is -2.22. The molecular formula is C25H28N4O5. The van der Waals surface area contributed by atoms with Gasteiger partial charge in [-0.1, -0.05) is 30.3 Å². The van der Waals surface area contributed by atoms with Crippen LogP contribution in [-0.2, 0) is 36.8 Å². The number of Topliss-reactive ketones (excluding diaryl/α,β-unsaturated/α-hetero) is 1. The predicted octanol–water partition coefficient (Wildman–Crippen LogP) is 1.49.